The second-order valence-corrected chi connectivity index (χ2v) is 3.24. The number of hydrogen-bond acceptors (Lipinski definition) is 3. The molecule has 3 N–H and O–H groups in total. The zero-order valence-electron chi connectivity index (χ0n) is 8.67. The summed E-state index contributed by atoms with van der Waals surface area (Å²) in [7, 11) is 0. The first kappa shape index (κ1) is 12.9. The van der Waals surface area contributed by atoms with E-state index in [2.05, 4.69) is 10.6 Å². The first-order valence-electron chi connectivity index (χ1n) is 4.78. The number of carboxylic acid groups (broad SMARTS) is 1. The molecule has 5 nitrogen and oxygen atoms in total. The highest BCUT2D eigenvalue weighted by Gasteiger charge is 2.09. The van der Waals surface area contributed by atoms with Crippen molar-refractivity contribution in [1.82, 2.24) is 10.6 Å². The van der Waals surface area contributed by atoms with Crippen LogP contribution in [0.3, 0.4) is 0 Å². The molecule has 5 heteroatoms. The number of carbonyl (C=O) groups excluding carboxylic acids is 1. The minimum atomic E-state index is -0.903. The summed E-state index contributed by atoms with van der Waals surface area (Å²) in [6.07, 6.45) is 0.928. The van der Waals surface area contributed by atoms with Gasteiger partial charge >= 0.3 is 5.97 Å². The molecule has 0 aromatic carbocycles. The Hall–Kier alpha value is -1.10. The predicted octanol–water partition coefficient (Wildman–Crippen LogP) is -0.0346. The zero-order chi connectivity index (χ0) is 11.0. The summed E-state index contributed by atoms with van der Waals surface area (Å²) in [5, 5.41) is 14.0. The van der Waals surface area contributed by atoms with Gasteiger partial charge in [0.15, 0.2) is 0 Å². The lowest BCUT2D eigenvalue weighted by molar-refractivity contribution is -0.137. The highest BCUT2D eigenvalue weighted by Crippen LogP contribution is 1.89. The number of hydrogen-bond donors (Lipinski definition) is 3. The lowest BCUT2D eigenvalue weighted by Crippen LogP contribution is -2.40. The van der Waals surface area contributed by atoms with E-state index in [4.69, 9.17) is 5.11 Å². The van der Waals surface area contributed by atoms with Gasteiger partial charge in [0, 0.05) is 6.04 Å². The van der Waals surface area contributed by atoms with Crippen LogP contribution < -0.4 is 10.6 Å². The summed E-state index contributed by atoms with van der Waals surface area (Å²) in [5.74, 6) is -1.06. The molecule has 0 radical (unpaired) electrons. The van der Waals surface area contributed by atoms with Crippen molar-refractivity contribution in [1.29, 1.82) is 0 Å². The van der Waals surface area contributed by atoms with Gasteiger partial charge < -0.3 is 15.7 Å². The largest absolute Gasteiger partial charge is 0.481 e. The van der Waals surface area contributed by atoms with Crippen LogP contribution in [-0.2, 0) is 9.59 Å². The average Bonchev–Trinajstić information content (AvgIpc) is 2.02. The van der Waals surface area contributed by atoms with E-state index >= 15 is 0 Å². The number of aliphatic carboxylic acids is 1. The van der Waals surface area contributed by atoms with Gasteiger partial charge in [0.2, 0.25) is 5.91 Å². The van der Waals surface area contributed by atoms with Gasteiger partial charge in [-0.1, -0.05) is 6.92 Å². The summed E-state index contributed by atoms with van der Waals surface area (Å²) >= 11 is 0. The van der Waals surface area contributed by atoms with Gasteiger partial charge in [0.05, 0.1) is 13.0 Å². The van der Waals surface area contributed by atoms with E-state index in [1.165, 1.54) is 0 Å². The molecular formula is C9H18N2O3. The summed E-state index contributed by atoms with van der Waals surface area (Å²) in [4.78, 5) is 21.4. The molecule has 0 saturated carbocycles. The number of rotatable bonds is 7. The predicted molar refractivity (Wildman–Crippen MR) is 53.0 cm³/mol. The molecule has 0 aromatic heterocycles. The SMILES string of the molecule is CCCNCC(=O)NC(C)CC(=O)O. The van der Waals surface area contributed by atoms with Crippen molar-refractivity contribution in [3.8, 4) is 0 Å². The van der Waals surface area contributed by atoms with E-state index in [0.717, 1.165) is 13.0 Å². The van der Waals surface area contributed by atoms with E-state index in [1.807, 2.05) is 6.92 Å². The van der Waals surface area contributed by atoms with Crippen LogP contribution in [-0.4, -0.2) is 36.1 Å². The lowest BCUT2D eigenvalue weighted by atomic mass is 10.2. The Morgan fingerprint density at radius 3 is 2.57 bits per heavy atom. The standard InChI is InChI=1S/C9H18N2O3/c1-3-4-10-6-8(12)11-7(2)5-9(13)14/h7,10H,3-6H2,1-2H3,(H,11,12)(H,13,14). The number of amides is 1. The summed E-state index contributed by atoms with van der Waals surface area (Å²) < 4.78 is 0. The minimum Gasteiger partial charge on any atom is -0.481 e. The van der Waals surface area contributed by atoms with Gasteiger partial charge in [0.1, 0.15) is 0 Å². The summed E-state index contributed by atoms with van der Waals surface area (Å²) in [5.41, 5.74) is 0. The van der Waals surface area contributed by atoms with E-state index in [0.29, 0.717) is 0 Å². The van der Waals surface area contributed by atoms with E-state index in [-0.39, 0.29) is 24.9 Å². The van der Waals surface area contributed by atoms with E-state index in [9.17, 15) is 9.59 Å². The maximum atomic E-state index is 11.1. The molecule has 82 valence electrons. The summed E-state index contributed by atoms with van der Waals surface area (Å²) in [6, 6.07) is -0.316. The second kappa shape index (κ2) is 7.32. The minimum absolute atomic E-state index is 0.0421. The molecule has 0 fully saturated rings. The molecule has 0 spiro atoms. The normalized spacial score (nSPS) is 12.1. The second-order valence-electron chi connectivity index (χ2n) is 3.24. The molecule has 1 amide bonds. The average molecular weight is 202 g/mol. The number of carboxylic acids is 1. The van der Waals surface area contributed by atoms with Gasteiger partial charge in [-0.25, -0.2) is 0 Å². The number of carbonyl (C=O) groups is 2. The lowest BCUT2D eigenvalue weighted by Gasteiger charge is -2.11. The quantitative estimate of drug-likeness (QED) is 0.506. The first-order chi connectivity index (χ1) is 6.56. The van der Waals surface area contributed by atoms with Crippen LogP contribution in [0.1, 0.15) is 26.7 Å². The first-order valence-corrected chi connectivity index (χ1v) is 4.78. The fourth-order valence-corrected chi connectivity index (χ4v) is 1.02. The topological polar surface area (TPSA) is 78.4 Å². The van der Waals surface area contributed by atoms with Crippen LogP contribution in [0, 0.1) is 0 Å². The van der Waals surface area contributed by atoms with Crippen LogP contribution in [0.2, 0.25) is 0 Å². The molecule has 0 saturated heterocycles. The highest BCUT2D eigenvalue weighted by atomic mass is 16.4. The molecule has 0 bridgehead atoms. The van der Waals surface area contributed by atoms with Crippen LogP contribution in [0.4, 0.5) is 0 Å². The Kier molecular flexibility index (Phi) is 6.74. The zero-order valence-corrected chi connectivity index (χ0v) is 8.67. The molecule has 0 heterocycles. The molecule has 14 heavy (non-hydrogen) atoms. The smallest absolute Gasteiger partial charge is 0.305 e. The third kappa shape index (κ3) is 7.54. The van der Waals surface area contributed by atoms with Crippen molar-refractivity contribution in [2.45, 2.75) is 32.7 Å². The fourth-order valence-electron chi connectivity index (χ4n) is 1.02. The Morgan fingerprint density at radius 1 is 1.43 bits per heavy atom. The molecule has 0 aliphatic heterocycles. The van der Waals surface area contributed by atoms with Gasteiger partial charge in [-0.2, -0.15) is 0 Å². The van der Waals surface area contributed by atoms with Crippen LogP contribution in [0.5, 0.6) is 0 Å². The van der Waals surface area contributed by atoms with Crippen LogP contribution in [0.25, 0.3) is 0 Å². The molecule has 1 atom stereocenters. The molecule has 0 aromatic rings. The van der Waals surface area contributed by atoms with Crippen molar-refractivity contribution in [2.24, 2.45) is 0 Å². The third-order valence-electron chi connectivity index (χ3n) is 1.60. The van der Waals surface area contributed by atoms with Crippen molar-refractivity contribution >= 4 is 11.9 Å². The number of nitrogens with one attached hydrogen (secondary N) is 2. The van der Waals surface area contributed by atoms with Crippen molar-refractivity contribution in [3.05, 3.63) is 0 Å². The summed E-state index contributed by atoms with van der Waals surface area (Å²) in [6.45, 7) is 4.72. The van der Waals surface area contributed by atoms with Gasteiger partial charge in [-0.05, 0) is 19.9 Å². The molecule has 1 unspecified atom stereocenters. The van der Waals surface area contributed by atoms with Crippen molar-refractivity contribution in [2.75, 3.05) is 13.1 Å². The maximum Gasteiger partial charge on any atom is 0.305 e. The van der Waals surface area contributed by atoms with E-state index < -0.39 is 5.97 Å². The fraction of sp³-hybridized carbons (Fsp3) is 0.778. The highest BCUT2D eigenvalue weighted by molar-refractivity contribution is 5.79. The molecule has 0 aliphatic rings. The van der Waals surface area contributed by atoms with Crippen LogP contribution in [0.15, 0.2) is 0 Å². The maximum absolute atomic E-state index is 11.1. The van der Waals surface area contributed by atoms with Crippen LogP contribution >= 0.6 is 0 Å². The molecular weight excluding hydrogens is 184 g/mol. The Labute approximate surface area is 83.9 Å². The molecule has 0 rings (SSSR count). The van der Waals surface area contributed by atoms with Gasteiger partial charge in [0.25, 0.3) is 0 Å². The van der Waals surface area contributed by atoms with Gasteiger partial charge in [-0.15, -0.1) is 0 Å². The Morgan fingerprint density at radius 2 is 2.07 bits per heavy atom. The monoisotopic (exact) mass is 202 g/mol. The molecule has 0 aliphatic carbocycles. The van der Waals surface area contributed by atoms with E-state index in [1.54, 1.807) is 6.92 Å². The Bertz CT molecular complexity index is 194. The third-order valence-corrected chi connectivity index (χ3v) is 1.60. The Balaban J connectivity index is 3.55. The van der Waals surface area contributed by atoms with Gasteiger partial charge in [-0.3, -0.25) is 9.59 Å². The van der Waals surface area contributed by atoms with Crippen molar-refractivity contribution < 1.29 is 14.7 Å². The van der Waals surface area contributed by atoms with Crippen molar-refractivity contribution in [3.63, 3.8) is 0 Å².